The Morgan fingerprint density at radius 3 is 2.69 bits per heavy atom. The van der Waals surface area contributed by atoms with Gasteiger partial charge in [0, 0.05) is 11.1 Å². The van der Waals surface area contributed by atoms with Crippen LogP contribution in [0.25, 0.3) is 11.4 Å². The maximum Gasteiger partial charge on any atom is 0.251 e. The number of carbonyl (C=O) groups excluding carboxylic acids is 1. The summed E-state index contributed by atoms with van der Waals surface area (Å²) in [5.74, 6) is 1.90. The van der Waals surface area contributed by atoms with Crippen LogP contribution in [-0.4, -0.2) is 22.8 Å². The molecular weight excluding hydrogens is 334 g/mol. The fraction of sp³-hybridized carbons (Fsp3) is 0.211. The topological polar surface area (TPSA) is 86.5 Å². The number of hydrogen-bond acceptors (Lipinski definition) is 6. The number of aromatic nitrogens is 2. The summed E-state index contributed by atoms with van der Waals surface area (Å²) in [5, 5.41) is 6.85. The van der Waals surface area contributed by atoms with E-state index in [-0.39, 0.29) is 12.7 Å². The van der Waals surface area contributed by atoms with Crippen molar-refractivity contribution >= 4 is 5.91 Å². The van der Waals surface area contributed by atoms with Crippen LogP contribution in [0, 0.1) is 6.92 Å². The first kappa shape index (κ1) is 16.1. The summed E-state index contributed by atoms with van der Waals surface area (Å²) < 4.78 is 16.0. The number of rotatable bonds is 4. The van der Waals surface area contributed by atoms with Gasteiger partial charge < -0.3 is 19.3 Å². The van der Waals surface area contributed by atoms with Crippen LogP contribution in [0.15, 0.2) is 47.0 Å². The molecule has 3 aromatic rings. The summed E-state index contributed by atoms with van der Waals surface area (Å²) in [5.41, 5.74) is 2.43. The Morgan fingerprint density at radius 1 is 1.12 bits per heavy atom. The summed E-state index contributed by atoms with van der Waals surface area (Å²) in [6, 6.07) is 12.4. The van der Waals surface area contributed by atoms with Crippen molar-refractivity contribution < 1.29 is 18.8 Å². The van der Waals surface area contributed by atoms with Crippen molar-refractivity contribution in [2.45, 2.75) is 19.9 Å². The number of aryl methyl sites for hydroxylation is 1. The molecule has 1 aliphatic heterocycles. The van der Waals surface area contributed by atoms with Crippen molar-refractivity contribution in [3.63, 3.8) is 0 Å². The molecule has 2 heterocycles. The van der Waals surface area contributed by atoms with Gasteiger partial charge in [-0.15, -0.1) is 0 Å². The van der Waals surface area contributed by atoms with Crippen molar-refractivity contribution in [3.8, 4) is 22.9 Å². The maximum atomic E-state index is 12.3. The van der Waals surface area contributed by atoms with Gasteiger partial charge in [-0.3, -0.25) is 4.79 Å². The molecule has 1 aromatic heterocycles. The summed E-state index contributed by atoms with van der Waals surface area (Å²) in [6.07, 6.45) is 0. The third-order valence-electron chi connectivity index (χ3n) is 4.10. The van der Waals surface area contributed by atoms with E-state index in [1.54, 1.807) is 31.2 Å². The minimum absolute atomic E-state index is 0.194. The van der Waals surface area contributed by atoms with Crippen LogP contribution < -0.4 is 14.8 Å². The molecule has 2 aromatic carbocycles. The highest BCUT2D eigenvalue weighted by molar-refractivity contribution is 5.94. The van der Waals surface area contributed by atoms with Gasteiger partial charge in [0.05, 0.1) is 0 Å². The van der Waals surface area contributed by atoms with E-state index in [2.05, 4.69) is 15.5 Å². The number of nitrogens with one attached hydrogen (secondary N) is 1. The van der Waals surface area contributed by atoms with E-state index in [0.717, 1.165) is 11.1 Å². The molecule has 7 nitrogen and oxygen atoms in total. The van der Waals surface area contributed by atoms with E-state index < -0.39 is 6.04 Å². The third kappa shape index (κ3) is 3.11. The molecule has 132 valence electrons. The molecule has 0 aliphatic carbocycles. The van der Waals surface area contributed by atoms with E-state index in [1.807, 2.05) is 25.1 Å². The van der Waals surface area contributed by atoms with Gasteiger partial charge in [0.25, 0.3) is 5.91 Å². The Morgan fingerprint density at radius 2 is 1.88 bits per heavy atom. The first-order valence-corrected chi connectivity index (χ1v) is 8.21. The average molecular weight is 351 g/mol. The van der Waals surface area contributed by atoms with E-state index in [0.29, 0.717) is 28.8 Å². The highest BCUT2D eigenvalue weighted by Crippen LogP contribution is 2.35. The average Bonchev–Trinajstić information content (AvgIpc) is 3.31. The Bertz CT molecular complexity index is 950. The van der Waals surface area contributed by atoms with Crippen LogP contribution >= 0.6 is 0 Å². The Kier molecular flexibility index (Phi) is 4.04. The molecule has 0 fully saturated rings. The Hall–Kier alpha value is -3.35. The molecule has 0 spiro atoms. The fourth-order valence-electron chi connectivity index (χ4n) is 2.61. The first-order valence-electron chi connectivity index (χ1n) is 8.21. The van der Waals surface area contributed by atoms with Crippen molar-refractivity contribution in [1.82, 2.24) is 15.5 Å². The lowest BCUT2D eigenvalue weighted by molar-refractivity contribution is 0.0932. The van der Waals surface area contributed by atoms with Gasteiger partial charge in [0.1, 0.15) is 6.04 Å². The number of carbonyl (C=O) groups is 1. The number of ether oxygens (including phenoxy) is 2. The second kappa shape index (κ2) is 6.51. The van der Waals surface area contributed by atoms with Crippen LogP contribution in [0.2, 0.25) is 0 Å². The van der Waals surface area contributed by atoms with Crippen molar-refractivity contribution in [1.29, 1.82) is 0 Å². The molecule has 1 N–H and O–H groups in total. The molecule has 0 unspecified atom stereocenters. The van der Waals surface area contributed by atoms with E-state index in [9.17, 15) is 4.79 Å². The van der Waals surface area contributed by atoms with Crippen LogP contribution in [0.4, 0.5) is 0 Å². The van der Waals surface area contributed by atoms with Crippen LogP contribution in [0.5, 0.6) is 11.5 Å². The van der Waals surface area contributed by atoms with Gasteiger partial charge >= 0.3 is 0 Å². The fourth-order valence-corrected chi connectivity index (χ4v) is 2.61. The highest BCUT2D eigenvalue weighted by Gasteiger charge is 2.20. The minimum atomic E-state index is -0.418. The number of fused-ring (bicyclic) bond motifs is 1. The maximum absolute atomic E-state index is 12.3. The smallest absolute Gasteiger partial charge is 0.251 e. The molecule has 1 aliphatic rings. The second-order valence-electron chi connectivity index (χ2n) is 6.09. The van der Waals surface area contributed by atoms with Crippen molar-refractivity contribution in [2.24, 2.45) is 0 Å². The molecule has 0 saturated carbocycles. The normalized spacial score (nSPS) is 13.5. The molecular formula is C19H17N3O4. The predicted molar refractivity (Wildman–Crippen MR) is 92.9 cm³/mol. The zero-order valence-electron chi connectivity index (χ0n) is 14.4. The van der Waals surface area contributed by atoms with Gasteiger partial charge in [0.2, 0.25) is 18.5 Å². The summed E-state index contributed by atoms with van der Waals surface area (Å²) in [4.78, 5) is 16.7. The lowest BCUT2D eigenvalue weighted by atomic mass is 10.1. The highest BCUT2D eigenvalue weighted by atomic mass is 16.7. The van der Waals surface area contributed by atoms with Gasteiger partial charge in [-0.05, 0) is 44.2 Å². The Balaban J connectivity index is 1.48. The molecule has 26 heavy (non-hydrogen) atoms. The zero-order valence-corrected chi connectivity index (χ0v) is 14.4. The van der Waals surface area contributed by atoms with Crippen molar-refractivity contribution in [3.05, 3.63) is 59.5 Å². The molecule has 0 radical (unpaired) electrons. The van der Waals surface area contributed by atoms with Crippen LogP contribution in [0.3, 0.4) is 0 Å². The van der Waals surface area contributed by atoms with Crippen molar-refractivity contribution in [2.75, 3.05) is 6.79 Å². The van der Waals surface area contributed by atoms with Gasteiger partial charge in [-0.2, -0.15) is 4.98 Å². The van der Waals surface area contributed by atoms with Gasteiger partial charge in [0.15, 0.2) is 11.5 Å². The largest absolute Gasteiger partial charge is 0.454 e. The molecule has 7 heteroatoms. The quantitative estimate of drug-likeness (QED) is 0.776. The summed E-state index contributed by atoms with van der Waals surface area (Å²) >= 11 is 0. The van der Waals surface area contributed by atoms with Gasteiger partial charge in [-0.25, -0.2) is 0 Å². The molecule has 0 saturated heterocycles. The number of amides is 1. The van der Waals surface area contributed by atoms with Gasteiger partial charge in [-0.1, -0.05) is 22.9 Å². The van der Waals surface area contributed by atoms with E-state index >= 15 is 0 Å². The third-order valence-corrected chi connectivity index (χ3v) is 4.10. The predicted octanol–water partition coefficient (Wildman–Crippen LogP) is 3.26. The number of benzene rings is 2. The van der Waals surface area contributed by atoms with E-state index in [4.69, 9.17) is 14.0 Å². The monoisotopic (exact) mass is 351 g/mol. The number of nitrogens with zero attached hydrogens (tertiary/aromatic N) is 2. The lowest BCUT2D eigenvalue weighted by Crippen LogP contribution is -2.26. The molecule has 1 atom stereocenters. The molecule has 0 bridgehead atoms. The minimum Gasteiger partial charge on any atom is -0.454 e. The summed E-state index contributed by atoms with van der Waals surface area (Å²) in [7, 11) is 0. The standard InChI is InChI=1S/C19H17N3O4/c1-11-3-5-13(6-4-11)18(23)20-12(2)19-21-17(22-26-19)14-7-8-15-16(9-14)25-10-24-15/h3-9,12H,10H2,1-2H3,(H,20,23)/t12-/m1/s1. The van der Waals surface area contributed by atoms with E-state index in [1.165, 1.54) is 0 Å². The summed E-state index contributed by atoms with van der Waals surface area (Å²) in [6.45, 7) is 3.97. The second-order valence-corrected chi connectivity index (χ2v) is 6.09. The van der Waals surface area contributed by atoms with Crippen LogP contribution in [0.1, 0.15) is 34.8 Å². The lowest BCUT2D eigenvalue weighted by Gasteiger charge is -2.09. The van der Waals surface area contributed by atoms with Crippen LogP contribution in [-0.2, 0) is 0 Å². The zero-order chi connectivity index (χ0) is 18.1. The molecule has 4 rings (SSSR count). The Labute approximate surface area is 149 Å². The first-order chi connectivity index (χ1) is 12.6. The SMILES string of the molecule is Cc1ccc(C(=O)N[C@H](C)c2nc(-c3ccc4c(c3)OCO4)no2)cc1. The molecule has 1 amide bonds. The number of hydrogen-bond donors (Lipinski definition) is 1.